The fraction of sp³-hybridized carbons (Fsp3) is 0.308. The summed E-state index contributed by atoms with van der Waals surface area (Å²) in [5, 5.41) is 14.9. The lowest BCUT2D eigenvalue weighted by Crippen LogP contribution is -2.36. The molecule has 2 aromatic heterocycles. The number of thiophene rings is 1. The molecule has 0 aliphatic carbocycles. The minimum Gasteiger partial charge on any atom is -0.389 e. The van der Waals surface area contributed by atoms with Gasteiger partial charge in [0.25, 0.3) is 0 Å². The zero-order chi connectivity index (χ0) is 14.8. The molecule has 1 aliphatic rings. The number of hydrogen-bond acceptors (Lipinski definition) is 7. The van der Waals surface area contributed by atoms with Crippen LogP contribution in [0.25, 0.3) is 0 Å². The summed E-state index contributed by atoms with van der Waals surface area (Å²) in [5.74, 6) is -0.0709. The van der Waals surface area contributed by atoms with E-state index in [1.54, 1.807) is 6.20 Å². The summed E-state index contributed by atoms with van der Waals surface area (Å²) in [6, 6.07) is 2.17. The molecule has 0 fully saturated rings. The molecule has 21 heavy (non-hydrogen) atoms. The highest BCUT2D eigenvalue weighted by Crippen LogP contribution is 2.34. The Kier molecular flexibility index (Phi) is 3.88. The molecule has 0 unspecified atom stereocenters. The zero-order valence-corrected chi connectivity index (χ0v) is 12.8. The third-order valence-corrected chi connectivity index (χ3v) is 5.06. The van der Waals surface area contributed by atoms with Crippen LogP contribution in [0.4, 0.5) is 10.1 Å². The Morgan fingerprint density at radius 3 is 3.19 bits per heavy atom. The van der Waals surface area contributed by atoms with E-state index < -0.39 is 0 Å². The maximum atomic E-state index is 12.0. The van der Waals surface area contributed by atoms with E-state index in [2.05, 4.69) is 21.3 Å². The van der Waals surface area contributed by atoms with Crippen LogP contribution in [-0.2, 0) is 17.8 Å². The van der Waals surface area contributed by atoms with E-state index in [4.69, 9.17) is 11.0 Å². The van der Waals surface area contributed by atoms with E-state index in [0.29, 0.717) is 28.8 Å². The van der Waals surface area contributed by atoms with Crippen LogP contribution in [0.2, 0.25) is 0 Å². The number of nitrogens with one attached hydrogen (secondary N) is 1. The zero-order valence-electron chi connectivity index (χ0n) is 11.1. The summed E-state index contributed by atoms with van der Waals surface area (Å²) in [6.07, 6.45) is 2.42. The molecule has 0 aromatic carbocycles. The lowest BCUT2D eigenvalue weighted by molar-refractivity contribution is -0.117. The van der Waals surface area contributed by atoms with Gasteiger partial charge in [-0.15, -0.1) is 22.7 Å². The highest BCUT2D eigenvalue weighted by molar-refractivity contribution is 7.16. The average molecular weight is 319 g/mol. The molecule has 6 nitrogen and oxygen atoms in total. The molecule has 0 saturated carbocycles. The lowest BCUT2D eigenvalue weighted by atomic mass is 10.0. The predicted octanol–water partition coefficient (Wildman–Crippen LogP) is 1.66. The number of aromatic nitrogens is 1. The number of nitrogen functional groups attached to an aromatic ring is 1. The monoisotopic (exact) mass is 319 g/mol. The SMILES string of the molecule is N#Cc1c(N)sc2c1CCN(CC(=O)Nc1nccs1)C2. The summed E-state index contributed by atoms with van der Waals surface area (Å²) in [5.41, 5.74) is 7.53. The van der Waals surface area contributed by atoms with Crippen molar-refractivity contribution in [3.63, 3.8) is 0 Å². The van der Waals surface area contributed by atoms with E-state index in [-0.39, 0.29) is 5.91 Å². The standard InChI is InChI=1S/C13H13N5OS2/c14-5-9-8-1-3-18(6-10(8)21-12(9)15)7-11(19)17-13-16-2-4-20-13/h2,4H,1,3,6-7,15H2,(H,16,17,19). The smallest absolute Gasteiger partial charge is 0.240 e. The Hall–Kier alpha value is -1.95. The minimum absolute atomic E-state index is 0.0709. The molecule has 108 valence electrons. The van der Waals surface area contributed by atoms with E-state index in [9.17, 15) is 4.79 Å². The Morgan fingerprint density at radius 2 is 2.48 bits per heavy atom. The molecule has 0 saturated heterocycles. The topological polar surface area (TPSA) is 95.0 Å². The number of nitriles is 1. The van der Waals surface area contributed by atoms with Gasteiger partial charge in [0.05, 0.1) is 12.1 Å². The number of amides is 1. The highest BCUT2D eigenvalue weighted by atomic mass is 32.1. The predicted molar refractivity (Wildman–Crippen MR) is 83.2 cm³/mol. The van der Waals surface area contributed by atoms with Crippen molar-refractivity contribution in [1.82, 2.24) is 9.88 Å². The molecule has 3 N–H and O–H groups in total. The van der Waals surface area contributed by atoms with Gasteiger partial charge in [0.1, 0.15) is 11.1 Å². The molecular formula is C13H13N5OS2. The molecule has 3 rings (SSSR count). The van der Waals surface area contributed by atoms with Crippen molar-refractivity contribution < 1.29 is 4.79 Å². The van der Waals surface area contributed by atoms with Gasteiger partial charge in [-0.25, -0.2) is 4.98 Å². The van der Waals surface area contributed by atoms with Crippen molar-refractivity contribution in [3.8, 4) is 6.07 Å². The molecular weight excluding hydrogens is 306 g/mol. The molecule has 1 amide bonds. The van der Waals surface area contributed by atoms with E-state index in [1.165, 1.54) is 22.7 Å². The summed E-state index contributed by atoms with van der Waals surface area (Å²) in [7, 11) is 0. The number of thiazole rings is 1. The Bertz CT molecular complexity index is 701. The van der Waals surface area contributed by atoms with Crippen LogP contribution in [0.5, 0.6) is 0 Å². The second kappa shape index (κ2) is 5.81. The van der Waals surface area contributed by atoms with Crippen LogP contribution in [0, 0.1) is 11.3 Å². The third-order valence-electron chi connectivity index (χ3n) is 3.32. The van der Waals surface area contributed by atoms with Crippen LogP contribution in [-0.4, -0.2) is 28.9 Å². The number of fused-ring (bicyclic) bond motifs is 1. The van der Waals surface area contributed by atoms with E-state index in [0.717, 1.165) is 23.4 Å². The van der Waals surface area contributed by atoms with Gasteiger partial charge >= 0.3 is 0 Å². The molecule has 0 radical (unpaired) electrons. The first kappa shape index (κ1) is 14.0. The Morgan fingerprint density at radius 1 is 1.62 bits per heavy atom. The van der Waals surface area contributed by atoms with Gasteiger partial charge in [-0.05, 0) is 12.0 Å². The van der Waals surface area contributed by atoms with Gasteiger partial charge in [-0.1, -0.05) is 0 Å². The number of rotatable bonds is 3. The molecule has 3 heterocycles. The largest absolute Gasteiger partial charge is 0.389 e. The fourth-order valence-corrected chi connectivity index (χ4v) is 4.04. The summed E-state index contributed by atoms with van der Waals surface area (Å²) >= 11 is 2.85. The van der Waals surface area contributed by atoms with Gasteiger partial charge in [0.2, 0.25) is 5.91 Å². The number of carbonyl (C=O) groups excluding carboxylic acids is 1. The minimum atomic E-state index is -0.0709. The van der Waals surface area contributed by atoms with Crippen LogP contribution < -0.4 is 11.1 Å². The van der Waals surface area contributed by atoms with Gasteiger partial charge < -0.3 is 11.1 Å². The molecule has 2 aromatic rings. The number of nitrogens with zero attached hydrogens (tertiary/aromatic N) is 3. The first-order valence-electron chi connectivity index (χ1n) is 6.39. The van der Waals surface area contributed by atoms with Crippen molar-refractivity contribution in [1.29, 1.82) is 5.26 Å². The van der Waals surface area contributed by atoms with Crippen molar-refractivity contribution in [2.75, 3.05) is 24.1 Å². The summed E-state index contributed by atoms with van der Waals surface area (Å²) in [4.78, 5) is 19.1. The summed E-state index contributed by atoms with van der Waals surface area (Å²) < 4.78 is 0. The lowest BCUT2D eigenvalue weighted by Gasteiger charge is -2.25. The number of hydrogen-bond donors (Lipinski definition) is 2. The van der Waals surface area contributed by atoms with Crippen LogP contribution in [0.1, 0.15) is 16.0 Å². The number of nitrogens with two attached hydrogens (primary N) is 1. The Balaban J connectivity index is 1.64. The van der Waals surface area contributed by atoms with Gasteiger partial charge in [-0.3, -0.25) is 9.69 Å². The van der Waals surface area contributed by atoms with Crippen LogP contribution in [0.3, 0.4) is 0 Å². The molecule has 8 heteroatoms. The summed E-state index contributed by atoms with van der Waals surface area (Å²) in [6.45, 7) is 1.74. The average Bonchev–Trinajstić information content (AvgIpc) is 3.04. The fourth-order valence-electron chi connectivity index (χ4n) is 2.38. The normalized spacial score (nSPS) is 14.4. The van der Waals surface area contributed by atoms with Gasteiger partial charge in [-0.2, -0.15) is 5.26 Å². The van der Waals surface area contributed by atoms with Gasteiger partial charge in [0, 0.05) is 29.5 Å². The molecule has 1 aliphatic heterocycles. The number of anilines is 2. The first-order valence-corrected chi connectivity index (χ1v) is 8.09. The van der Waals surface area contributed by atoms with Crippen molar-refractivity contribution in [3.05, 3.63) is 27.6 Å². The van der Waals surface area contributed by atoms with E-state index in [1.807, 2.05) is 5.38 Å². The van der Waals surface area contributed by atoms with Crippen LogP contribution in [0.15, 0.2) is 11.6 Å². The molecule has 0 spiro atoms. The maximum Gasteiger partial charge on any atom is 0.240 e. The van der Waals surface area contributed by atoms with Crippen molar-refractivity contribution >= 4 is 38.7 Å². The highest BCUT2D eigenvalue weighted by Gasteiger charge is 2.24. The Labute approximate surface area is 129 Å². The van der Waals surface area contributed by atoms with Gasteiger partial charge in [0.15, 0.2) is 5.13 Å². The molecule has 0 atom stereocenters. The van der Waals surface area contributed by atoms with Crippen molar-refractivity contribution in [2.45, 2.75) is 13.0 Å². The van der Waals surface area contributed by atoms with Crippen molar-refractivity contribution in [2.24, 2.45) is 0 Å². The first-order chi connectivity index (χ1) is 10.2. The second-order valence-electron chi connectivity index (χ2n) is 4.70. The third kappa shape index (κ3) is 2.90. The van der Waals surface area contributed by atoms with E-state index >= 15 is 0 Å². The second-order valence-corrected chi connectivity index (χ2v) is 6.73. The maximum absolute atomic E-state index is 12.0. The van der Waals surface area contributed by atoms with Crippen LogP contribution >= 0.6 is 22.7 Å². The quantitative estimate of drug-likeness (QED) is 0.897. The molecule has 0 bridgehead atoms. The number of carbonyl (C=O) groups is 1.